The molecule has 0 aliphatic carbocycles. The minimum atomic E-state index is -1.18. The zero-order chi connectivity index (χ0) is 50.9. The van der Waals surface area contributed by atoms with Gasteiger partial charge in [-0.3, -0.25) is 29.1 Å². The average Bonchev–Trinajstić information content (AvgIpc) is 3.35. The van der Waals surface area contributed by atoms with Crippen LogP contribution in [-0.2, 0) is 23.9 Å². The highest BCUT2D eigenvalue weighted by Crippen LogP contribution is 2.29. The van der Waals surface area contributed by atoms with E-state index in [1.165, 1.54) is 67.2 Å². The van der Waals surface area contributed by atoms with E-state index in [0.29, 0.717) is 28.1 Å². The lowest BCUT2D eigenvalue weighted by Gasteiger charge is -2.28. The van der Waals surface area contributed by atoms with Crippen molar-refractivity contribution in [2.45, 2.75) is 45.8 Å². The fourth-order valence-corrected chi connectivity index (χ4v) is 6.89. The summed E-state index contributed by atoms with van der Waals surface area (Å²) in [4.78, 5) is 77.1. The van der Waals surface area contributed by atoms with E-state index >= 15 is 0 Å². The van der Waals surface area contributed by atoms with Crippen LogP contribution in [0.1, 0.15) is 58.8 Å². The van der Waals surface area contributed by atoms with Crippen molar-refractivity contribution in [3.8, 4) is 0 Å². The van der Waals surface area contributed by atoms with Crippen LogP contribution in [0, 0.1) is 17.5 Å². The first-order chi connectivity index (χ1) is 32.8. The number of carbonyl (C=O) groups excluding carboxylic acids is 5. The van der Waals surface area contributed by atoms with Gasteiger partial charge >= 0.3 is 17.9 Å². The second-order valence-corrected chi connectivity index (χ2v) is 15.8. The van der Waals surface area contributed by atoms with E-state index in [0.717, 1.165) is 23.1 Å². The lowest BCUT2D eigenvalue weighted by molar-refractivity contribution is -0.144. The molecule has 3 atom stereocenters. The average molecular weight is 1010 g/mol. The third-order valence-electron chi connectivity index (χ3n) is 9.95. The highest BCUT2D eigenvalue weighted by atomic mass is 35.5. The normalized spacial score (nSPS) is 11.7. The molecule has 0 aliphatic heterocycles. The second-order valence-electron chi connectivity index (χ2n) is 14.6. The summed E-state index contributed by atoms with van der Waals surface area (Å²) < 4.78 is 49.8. The Labute approximate surface area is 411 Å². The Morgan fingerprint density at radius 2 is 0.783 bits per heavy atom. The molecule has 6 aromatic carbocycles. The SMILES string of the molecule is CC(C(=O)O)N(C(=O)c1ccccc1)c1ccc(F)c(Cl)c1.CCOC(=O)C(C)N(C(=O)c1ccccc1)c1ccc(F)c(Cl)c1.COC(=O)C(C)N(C(=O)c1ccccc1)c1ccc(F)c(Cl)c1. The van der Waals surface area contributed by atoms with Gasteiger partial charge < -0.3 is 14.6 Å². The van der Waals surface area contributed by atoms with Gasteiger partial charge in [-0.2, -0.15) is 0 Å². The third kappa shape index (κ3) is 14.4. The number of anilines is 3. The maximum atomic E-state index is 13.4. The summed E-state index contributed by atoms with van der Waals surface area (Å²) in [7, 11) is 1.24. The smallest absolute Gasteiger partial charge is 0.328 e. The lowest BCUT2D eigenvalue weighted by Crippen LogP contribution is -2.44. The van der Waals surface area contributed by atoms with Crippen LogP contribution in [0.25, 0.3) is 0 Å². The molecule has 6 aromatic rings. The lowest BCUT2D eigenvalue weighted by atomic mass is 10.1. The maximum absolute atomic E-state index is 13.4. The molecule has 0 radical (unpaired) electrons. The number of hydrogen-bond donors (Lipinski definition) is 1. The molecule has 18 heteroatoms. The molecule has 12 nitrogen and oxygen atoms in total. The van der Waals surface area contributed by atoms with E-state index < -0.39 is 71.2 Å². The number of carbonyl (C=O) groups is 6. The van der Waals surface area contributed by atoms with Gasteiger partial charge in [0.15, 0.2) is 0 Å². The Bertz CT molecular complexity index is 2760. The van der Waals surface area contributed by atoms with Gasteiger partial charge in [0, 0.05) is 33.8 Å². The summed E-state index contributed by atoms with van der Waals surface area (Å²) in [6.07, 6.45) is 0. The standard InChI is InChI=1S/C18H17ClFNO3.C17H15ClFNO3.C16H13ClFNO3/c1-3-24-18(23)12(2)21(14-9-10-16(20)15(19)11-14)17(22)13-7-5-4-6-8-13;1-11(17(22)23-2)20(13-8-9-15(19)14(18)10-13)16(21)12-6-4-3-5-7-12;1-10(16(21)22)19(12-7-8-14(18)13(17)9-12)15(20)11-5-3-2-4-6-11/h4-12H,3H2,1-2H3;3-11H,1-2H3;2-10H,1H3,(H,21,22). The minimum absolute atomic E-state index is 0.130. The van der Waals surface area contributed by atoms with Crippen molar-refractivity contribution in [2.24, 2.45) is 0 Å². The van der Waals surface area contributed by atoms with Gasteiger partial charge in [-0.15, -0.1) is 0 Å². The van der Waals surface area contributed by atoms with Crippen molar-refractivity contribution >= 4 is 87.5 Å². The number of methoxy groups -OCH3 is 1. The van der Waals surface area contributed by atoms with Crippen LogP contribution < -0.4 is 14.7 Å². The molecule has 0 saturated heterocycles. The van der Waals surface area contributed by atoms with Crippen LogP contribution in [0.5, 0.6) is 0 Å². The number of benzene rings is 6. The number of rotatable bonds is 13. The molecular formula is C51H45Cl3F3N3O9. The first-order valence-electron chi connectivity index (χ1n) is 20.8. The molecule has 69 heavy (non-hydrogen) atoms. The molecule has 1 N–H and O–H groups in total. The van der Waals surface area contributed by atoms with E-state index in [1.54, 1.807) is 105 Å². The van der Waals surface area contributed by atoms with Crippen LogP contribution in [0.15, 0.2) is 146 Å². The van der Waals surface area contributed by atoms with Crippen LogP contribution in [0.3, 0.4) is 0 Å². The first kappa shape index (κ1) is 54.4. The van der Waals surface area contributed by atoms with Crippen molar-refractivity contribution in [1.82, 2.24) is 0 Å². The van der Waals surface area contributed by atoms with Gasteiger partial charge in [-0.1, -0.05) is 89.4 Å². The van der Waals surface area contributed by atoms with Gasteiger partial charge in [0.25, 0.3) is 17.7 Å². The number of carboxylic acids is 1. The fraction of sp³-hybridized carbons (Fsp3) is 0.176. The van der Waals surface area contributed by atoms with Crippen LogP contribution >= 0.6 is 34.8 Å². The van der Waals surface area contributed by atoms with Crippen molar-refractivity contribution in [2.75, 3.05) is 28.4 Å². The number of hydrogen-bond acceptors (Lipinski definition) is 8. The van der Waals surface area contributed by atoms with E-state index in [4.69, 9.17) is 44.3 Å². The maximum Gasteiger partial charge on any atom is 0.328 e. The number of nitrogens with zero attached hydrogens (tertiary/aromatic N) is 3. The molecule has 0 aromatic heterocycles. The predicted molar refractivity (Wildman–Crippen MR) is 259 cm³/mol. The van der Waals surface area contributed by atoms with Crippen LogP contribution in [0.2, 0.25) is 15.1 Å². The van der Waals surface area contributed by atoms with Crippen molar-refractivity contribution < 1.29 is 56.5 Å². The molecule has 0 heterocycles. The topological polar surface area (TPSA) is 151 Å². The molecule has 0 spiro atoms. The van der Waals surface area contributed by atoms with Gasteiger partial charge in [0.1, 0.15) is 35.6 Å². The first-order valence-corrected chi connectivity index (χ1v) is 21.9. The Kier molecular flexibility index (Phi) is 20.3. The number of aliphatic carboxylic acids is 1. The van der Waals surface area contributed by atoms with E-state index in [1.807, 2.05) is 0 Å². The Balaban J connectivity index is 0.000000226. The molecule has 0 aliphatic rings. The second kappa shape index (κ2) is 25.8. The molecule has 6 rings (SSSR count). The van der Waals surface area contributed by atoms with Crippen LogP contribution in [-0.4, -0.2) is 72.6 Å². The zero-order valence-electron chi connectivity index (χ0n) is 37.6. The van der Waals surface area contributed by atoms with Gasteiger partial charge in [0.2, 0.25) is 0 Å². The summed E-state index contributed by atoms with van der Waals surface area (Å²) in [5.41, 5.74) is 1.96. The monoisotopic (exact) mass is 1010 g/mol. The van der Waals surface area contributed by atoms with E-state index in [2.05, 4.69) is 0 Å². The number of ether oxygens (including phenoxy) is 2. The molecule has 0 saturated carbocycles. The molecule has 3 amide bonds. The van der Waals surface area contributed by atoms with Gasteiger partial charge in [-0.25, -0.2) is 27.6 Å². The Morgan fingerprint density at radius 1 is 0.493 bits per heavy atom. The molecule has 3 unspecified atom stereocenters. The van der Waals surface area contributed by atoms with E-state index in [9.17, 15) is 47.0 Å². The number of halogens is 6. The number of esters is 2. The summed E-state index contributed by atoms with van der Waals surface area (Å²) in [5, 5.41) is 8.79. The van der Waals surface area contributed by atoms with E-state index in [-0.39, 0.29) is 27.4 Å². The molecule has 0 fully saturated rings. The van der Waals surface area contributed by atoms with Crippen molar-refractivity contribution in [3.63, 3.8) is 0 Å². The van der Waals surface area contributed by atoms with Crippen molar-refractivity contribution in [1.29, 1.82) is 0 Å². The third-order valence-corrected chi connectivity index (χ3v) is 10.8. The highest BCUT2D eigenvalue weighted by molar-refractivity contribution is 6.32. The summed E-state index contributed by atoms with van der Waals surface area (Å²) >= 11 is 17.4. The van der Waals surface area contributed by atoms with Crippen LogP contribution in [0.4, 0.5) is 30.2 Å². The fourth-order valence-electron chi connectivity index (χ4n) is 6.37. The quantitative estimate of drug-likeness (QED) is 0.112. The van der Waals surface area contributed by atoms with Gasteiger partial charge in [0.05, 0.1) is 28.8 Å². The largest absolute Gasteiger partial charge is 0.480 e. The summed E-state index contributed by atoms with van der Waals surface area (Å²) in [6.45, 7) is 6.34. The van der Waals surface area contributed by atoms with Gasteiger partial charge in [-0.05, 0) is 119 Å². The number of amides is 3. The zero-order valence-corrected chi connectivity index (χ0v) is 39.9. The number of carboxylic acid groups (broad SMARTS) is 1. The van der Waals surface area contributed by atoms with Crippen molar-refractivity contribution in [3.05, 3.63) is 195 Å². The predicted octanol–water partition coefficient (Wildman–Crippen LogP) is 11.4. The minimum Gasteiger partial charge on any atom is -0.480 e. The molecule has 360 valence electrons. The highest BCUT2D eigenvalue weighted by Gasteiger charge is 2.32. The Morgan fingerprint density at radius 3 is 1.04 bits per heavy atom. The summed E-state index contributed by atoms with van der Waals surface area (Å²) in [6, 6.07) is 33.7. The Hall–Kier alpha value is -7.20. The summed E-state index contributed by atoms with van der Waals surface area (Å²) in [5.74, 6) is -5.48. The molecule has 0 bridgehead atoms. The molecular weight excluding hydrogens is 962 g/mol.